The summed E-state index contributed by atoms with van der Waals surface area (Å²) in [5, 5.41) is 0.677. The van der Waals surface area contributed by atoms with Gasteiger partial charge in [-0.2, -0.15) is 0 Å². The second-order valence-corrected chi connectivity index (χ2v) is 3.93. The van der Waals surface area contributed by atoms with Crippen LogP contribution in [-0.4, -0.2) is 19.0 Å². The molecule has 1 heterocycles. The Balaban J connectivity index is 2.36. The molecule has 68 valence electrons. The summed E-state index contributed by atoms with van der Waals surface area (Å²) < 4.78 is 6.20. The number of ether oxygens (including phenoxy) is 1. The summed E-state index contributed by atoms with van der Waals surface area (Å²) in [6.45, 7) is 1.41. The zero-order valence-corrected chi connectivity index (χ0v) is 9.10. The monoisotopic (exact) mass is 259 g/mol. The molecular formula is C9H7BrClNO. The molecule has 0 saturated heterocycles. The summed E-state index contributed by atoms with van der Waals surface area (Å²) in [7, 11) is 0. The van der Waals surface area contributed by atoms with E-state index in [1.165, 1.54) is 0 Å². The maximum Gasteiger partial charge on any atom is 0.216 e. The van der Waals surface area contributed by atoms with Crippen molar-refractivity contribution < 1.29 is 4.74 Å². The van der Waals surface area contributed by atoms with E-state index in [0.29, 0.717) is 17.5 Å². The Morgan fingerprint density at radius 2 is 2.31 bits per heavy atom. The molecule has 13 heavy (non-hydrogen) atoms. The molecule has 0 bridgehead atoms. The second kappa shape index (κ2) is 3.68. The average molecular weight is 261 g/mol. The van der Waals surface area contributed by atoms with Crippen molar-refractivity contribution in [3.05, 3.63) is 33.3 Å². The summed E-state index contributed by atoms with van der Waals surface area (Å²) in [4.78, 5) is 4.20. The number of hydrogen-bond donors (Lipinski definition) is 0. The van der Waals surface area contributed by atoms with Crippen LogP contribution in [-0.2, 0) is 4.74 Å². The van der Waals surface area contributed by atoms with E-state index in [1.54, 1.807) is 0 Å². The van der Waals surface area contributed by atoms with Crippen LogP contribution in [0, 0.1) is 0 Å². The molecule has 0 aromatic heterocycles. The minimum absolute atomic E-state index is 0.670. The van der Waals surface area contributed by atoms with E-state index >= 15 is 0 Å². The van der Waals surface area contributed by atoms with Crippen molar-refractivity contribution in [2.24, 2.45) is 4.99 Å². The van der Waals surface area contributed by atoms with Crippen molar-refractivity contribution in [3.63, 3.8) is 0 Å². The van der Waals surface area contributed by atoms with Crippen LogP contribution in [0.5, 0.6) is 0 Å². The minimum atomic E-state index is 0.670. The fourth-order valence-electron chi connectivity index (χ4n) is 1.14. The van der Waals surface area contributed by atoms with Crippen LogP contribution in [0.3, 0.4) is 0 Å². The molecule has 2 nitrogen and oxygen atoms in total. The van der Waals surface area contributed by atoms with Gasteiger partial charge in [-0.05, 0) is 34.1 Å². The van der Waals surface area contributed by atoms with E-state index in [1.807, 2.05) is 18.2 Å². The van der Waals surface area contributed by atoms with Gasteiger partial charge in [0, 0.05) is 10.0 Å². The van der Waals surface area contributed by atoms with Crippen molar-refractivity contribution in [2.75, 3.05) is 13.2 Å². The van der Waals surface area contributed by atoms with Crippen LogP contribution in [0.25, 0.3) is 0 Å². The molecule has 1 aromatic carbocycles. The molecule has 0 saturated carbocycles. The Bertz CT molecular complexity index is 365. The molecule has 2 rings (SSSR count). The molecule has 0 unspecified atom stereocenters. The quantitative estimate of drug-likeness (QED) is 0.761. The van der Waals surface area contributed by atoms with Gasteiger partial charge in [0.1, 0.15) is 6.61 Å². The first-order chi connectivity index (χ1) is 6.27. The summed E-state index contributed by atoms with van der Waals surface area (Å²) in [6, 6.07) is 5.66. The average Bonchev–Trinajstić information content (AvgIpc) is 2.62. The Morgan fingerprint density at radius 3 is 2.92 bits per heavy atom. The van der Waals surface area contributed by atoms with Crippen molar-refractivity contribution >= 4 is 33.4 Å². The van der Waals surface area contributed by atoms with Gasteiger partial charge in [-0.25, -0.2) is 4.99 Å². The Labute approximate surface area is 89.7 Å². The molecule has 0 aliphatic carbocycles. The third-order valence-corrected chi connectivity index (χ3v) is 2.98. The maximum atomic E-state index is 5.93. The maximum absolute atomic E-state index is 5.93. The molecule has 1 aliphatic rings. The second-order valence-electron chi connectivity index (χ2n) is 2.66. The molecular weight excluding hydrogens is 253 g/mol. The van der Waals surface area contributed by atoms with Gasteiger partial charge < -0.3 is 4.74 Å². The van der Waals surface area contributed by atoms with Crippen LogP contribution in [0.4, 0.5) is 0 Å². The highest BCUT2D eigenvalue weighted by Gasteiger charge is 2.10. The van der Waals surface area contributed by atoms with Gasteiger partial charge in [-0.1, -0.05) is 11.6 Å². The van der Waals surface area contributed by atoms with Crippen LogP contribution >= 0.6 is 27.5 Å². The normalized spacial score (nSPS) is 15.4. The van der Waals surface area contributed by atoms with E-state index in [9.17, 15) is 0 Å². The zero-order chi connectivity index (χ0) is 9.26. The molecule has 4 heteroatoms. The van der Waals surface area contributed by atoms with Crippen LogP contribution in [0.2, 0.25) is 5.02 Å². The summed E-state index contributed by atoms with van der Waals surface area (Å²) in [5.41, 5.74) is 0.936. The first-order valence-electron chi connectivity index (χ1n) is 3.90. The lowest BCUT2D eigenvalue weighted by atomic mass is 10.2. The lowest BCUT2D eigenvalue weighted by molar-refractivity contribution is 0.348. The SMILES string of the molecule is Clc1cc(C2=NCCO2)ccc1Br. The van der Waals surface area contributed by atoms with Gasteiger partial charge in [0.05, 0.1) is 11.6 Å². The first-order valence-corrected chi connectivity index (χ1v) is 5.07. The van der Waals surface area contributed by atoms with Gasteiger partial charge in [-0.3, -0.25) is 0 Å². The summed E-state index contributed by atoms with van der Waals surface area (Å²) in [6.07, 6.45) is 0. The van der Waals surface area contributed by atoms with Gasteiger partial charge in [0.25, 0.3) is 0 Å². The first kappa shape index (κ1) is 9.03. The predicted molar refractivity (Wildman–Crippen MR) is 56.5 cm³/mol. The number of rotatable bonds is 1. The third kappa shape index (κ3) is 1.86. The van der Waals surface area contributed by atoms with E-state index < -0.39 is 0 Å². The molecule has 0 amide bonds. The molecule has 0 spiro atoms. The number of nitrogens with zero attached hydrogens (tertiary/aromatic N) is 1. The number of halogens is 2. The molecule has 0 radical (unpaired) electrons. The summed E-state index contributed by atoms with van der Waals surface area (Å²) in [5.74, 6) is 0.689. The Kier molecular flexibility index (Phi) is 2.56. The van der Waals surface area contributed by atoms with Gasteiger partial charge in [0.15, 0.2) is 0 Å². The van der Waals surface area contributed by atoms with Crippen LogP contribution in [0.15, 0.2) is 27.7 Å². The zero-order valence-electron chi connectivity index (χ0n) is 6.76. The number of benzene rings is 1. The fourth-order valence-corrected chi connectivity index (χ4v) is 1.57. The largest absolute Gasteiger partial charge is 0.476 e. The standard InChI is InChI=1S/C9H7BrClNO/c10-7-2-1-6(5-8(7)11)9-12-3-4-13-9/h1-2,5H,3-4H2. The highest BCUT2D eigenvalue weighted by molar-refractivity contribution is 9.10. The fraction of sp³-hybridized carbons (Fsp3) is 0.222. The Morgan fingerprint density at radius 1 is 1.46 bits per heavy atom. The highest BCUT2D eigenvalue weighted by atomic mass is 79.9. The smallest absolute Gasteiger partial charge is 0.216 e. The van der Waals surface area contributed by atoms with Crippen molar-refractivity contribution in [1.29, 1.82) is 0 Å². The molecule has 1 aliphatic heterocycles. The minimum Gasteiger partial charge on any atom is -0.476 e. The van der Waals surface area contributed by atoms with Crippen LogP contribution < -0.4 is 0 Å². The molecule has 0 N–H and O–H groups in total. The molecule has 1 aromatic rings. The van der Waals surface area contributed by atoms with E-state index in [0.717, 1.165) is 16.6 Å². The predicted octanol–water partition coefficient (Wildman–Crippen LogP) is 2.88. The van der Waals surface area contributed by atoms with Crippen molar-refractivity contribution in [3.8, 4) is 0 Å². The molecule has 0 atom stereocenters. The van der Waals surface area contributed by atoms with E-state index in [4.69, 9.17) is 16.3 Å². The van der Waals surface area contributed by atoms with Gasteiger partial charge in [-0.15, -0.1) is 0 Å². The van der Waals surface area contributed by atoms with E-state index in [-0.39, 0.29) is 0 Å². The van der Waals surface area contributed by atoms with Gasteiger partial charge in [0.2, 0.25) is 5.90 Å². The lowest BCUT2D eigenvalue weighted by Gasteiger charge is -2.02. The highest BCUT2D eigenvalue weighted by Crippen LogP contribution is 2.24. The number of hydrogen-bond acceptors (Lipinski definition) is 2. The third-order valence-electron chi connectivity index (χ3n) is 1.75. The topological polar surface area (TPSA) is 21.6 Å². The van der Waals surface area contributed by atoms with E-state index in [2.05, 4.69) is 20.9 Å². The lowest BCUT2D eigenvalue weighted by Crippen LogP contribution is -2.00. The van der Waals surface area contributed by atoms with Crippen LogP contribution in [0.1, 0.15) is 5.56 Å². The number of aliphatic imine (C=N–C) groups is 1. The van der Waals surface area contributed by atoms with Gasteiger partial charge >= 0.3 is 0 Å². The Hall–Kier alpha value is -0.540. The van der Waals surface area contributed by atoms with Crippen molar-refractivity contribution in [2.45, 2.75) is 0 Å². The van der Waals surface area contributed by atoms with Crippen molar-refractivity contribution in [1.82, 2.24) is 0 Å². The molecule has 0 fully saturated rings. The summed E-state index contributed by atoms with van der Waals surface area (Å²) >= 11 is 9.26.